The van der Waals surface area contributed by atoms with Crippen LogP contribution in [-0.4, -0.2) is 64.1 Å². The number of morpholine rings is 1. The molecule has 2 aromatic rings. The first-order chi connectivity index (χ1) is 13.3. The van der Waals surface area contributed by atoms with Gasteiger partial charge in [-0.25, -0.2) is 0 Å². The average Bonchev–Trinajstić information content (AvgIpc) is 3.14. The van der Waals surface area contributed by atoms with Gasteiger partial charge in [-0.2, -0.15) is 0 Å². The van der Waals surface area contributed by atoms with Gasteiger partial charge in [0.25, 0.3) is 0 Å². The number of methoxy groups -OCH3 is 1. The quantitative estimate of drug-likeness (QED) is 0.751. The standard InChI is InChI=1S/C22H28N2O3/c1-25-19-6-4-7-20(15-19)27-17-21-16-23(13-14-26-21)11-12-24-10-9-18-5-2-3-8-22(18)24/h2-8,15,21H,9-14,16-17H2,1H3. The van der Waals surface area contributed by atoms with Crippen LogP contribution in [0.5, 0.6) is 11.5 Å². The molecule has 1 fully saturated rings. The summed E-state index contributed by atoms with van der Waals surface area (Å²) in [6.45, 7) is 6.50. The SMILES string of the molecule is COc1cccc(OCC2CN(CCN3CCc4ccccc43)CCO2)c1. The number of fused-ring (bicyclic) bond motifs is 1. The van der Waals surface area contributed by atoms with Crippen LogP contribution in [0.25, 0.3) is 0 Å². The van der Waals surface area contributed by atoms with Crippen molar-refractivity contribution in [1.82, 2.24) is 4.90 Å². The zero-order valence-corrected chi connectivity index (χ0v) is 16.0. The number of nitrogens with zero attached hydrogens (tertiary/aromatic N) is 2. The van der Waals surface area contributed by atoms with E-state index in [4.69, 9.17) is 14.2 Å². The second kappa shape index (κ2) is 8.63. The van der Waals surface area contributed by atoms with Gasteiger partial charge in [-0.3, -0.25) is 4.90 Å². The fourth-order valence-electron chi connectivity index (χ4n) is 3.87. The Labute approximate surface area is 161 Å². The van der Waals surface area contributed by atoms with Crippen LogP contribution in [0.1, 0.15) is 5.56 Å². The molecule has 0 amide bonds. The fourth-order valence-corrected chi connectivity index (χ4v) is 3.87. The summed E-state index contributed by atoms with van der Waals surface area (Å²) >= 11 is 0. The zero-order chi connectivity index (χ0) is 18.5. The van der Waals surface area contributed by atoms with Crippen molar-refractivity contribution in [3.63, 3.8) is 0 Å². The Morgan fingerprint density at radius 1 is 1.04 bits per heavy atom. The maximum Gasteiger partial charge on any atom is 0.123 e. The van der Waals surface area contributed by atoms with Crippen LogP contribution in [-0.2, 0) is 11.2 Å². The number of hydrogen-bond donors (Lipinski definition) is 0. The van der Waals surface area contributed by atoms with E-state index in [9.17, 15) is 0 Å². The van der Waals surface area contributed by atoms with Crippen molar-refractivity contribution >= 4 is 5.69 Å². The molecule has 0 N–H and O–H groups in total. The Morgan fingerprint density at radius 3 is 2.85 bits per heavy atom. The van der Waals surface area contributed by atoms with E-state index in [0.29, 0.717) is 6.61 Å². The lowest BCUT2D eigenvalue weighted by Crippen LogP contribution is -2.47. The Hall–Kier alpha value is -2.24. The molecule has 0 saturated carbocycles. The summed E-state index contributed by atoms with van der Waals surface area (Å²) in [6, 6.07) is 16.5. The molecule has 1 saturated heterocycles. The molecule has 2 aliphatic rings. The van der Waals surface area contributed by atoms with Gasteiger partial charge in [0.2, 0.25) is 0 Å². The van der Waals surface area contributed by atoms with Gasteiger partial charge in [0.1, 0.15) is 24.2 Å². The third-order valence-electron chi connectivity index (χ3n) is 5.37. The first-order valence-electron chi connectivity index (χ1n) is 9.75. The minimum absolute atomic E-state index is 0.107. The molecule has 5 heteroatoms. The lowest BCUT2D eigenvalue weighted by molar-refractivity contribution is -0.0470. The lowest BCUT2D eigenvalue weighted by Gasteiger charge is -2.34. The summed E-state index contributed by atoms with van der Waals surface area (Å²) < 4.78 is 17.1. The molecule has 5 nitrogen and oxygen atoms in total. The highest BCUT2D eigenvalue weighted by Gasteiger charge is 2.23. The van der Waals surface area contributed by atoms with Gasteiger partial charge in [0.15, 0.2) is 0 Å². The molecule has 27 heavy (non-hydrogen) atoms. The molecular weight excluding hydrogens is 340 g/mol. The Morgan fingerprint density at radius 2 is 1.93 bits per heavy atom. The summed E-state index contributed by atoms with van der Waals surface area (Å²) in [5.74, 6) is 1.63. The first-order valence-corrected chi connectivity index (χ1v) is 9.75. The molecule has 0 aliphatic carbocycles. The minimum atomic E-state index is 0.107. The van der Waals surface area contributed by atoms with E-state index in [1.165, 1.54) is 11.3 Å². The van der Waals surface area contributed by atoms with Crippen LogP contribution in [0.15, 0.2) is 48.5 Å². The van der Waals surface area contributed by atoms with Crippen LogP contribution in [0.3, 0.4) is 0 Å². The van der Waals surface area contributed by atoms with Gasteiger partial charge < -0.3 is 19.1 Å². The molecule has 144 valence electrons. The summed E-state index contributed by atoms with van der Waals surface area (Å²) in [6.07, 6.45) is 1.27. The van der Waals surface area contributed by atoms with E-state index >= 15 is 0 Å². The van der Waals surface area contributed by atoms with E-state index in [1.807, 2.05) is 24.3 Å². The van der Waals surface area contributed by atoms with Gasteiger partial charge >= 0.3 is 0 Å². The van der Waals surface area contributed by atoms with E-state index in [2.05, 4.69) is 34.1 Å². The van der Waals surface area contributed by atoms with Crippen molar-refractivity contribution in [2.75, 3.05) is 57.9 Å². The monoisotopic (exact) mass is 368 g/mol. The molecule has 1 unspecified atom stereocenters. The minimum Gasteiger partial charge on any atom is -0.497 e. The average molecular weight is 368 g/mol. The Kier molecular flexibility index (Phi) is 5.80. The summed E-state index contributed by atoms with van der Waals surface area (Å²) in [4.78, 5) is 5.00. The second-order valence-electron chi connectivity index (χ2n) is 7.15. The zero-order valence-electron chi connectivity index (χ0n) is 16.0. The predicted octanol–water partition coefficient (Wildman–Crippen LogP) is 2.84. The van der Waals surface area contributed by atoms with E-state index in [-0.39, 0.29) is 6.10 Å². The lowest BCUT2D eigenvalue weighted by atomic mass is 10.2. The maximum atomic E-state index is 5.92. The molecule has 2 aliphatic heterocycles. The maximum absolute atomic E-state index is 5.92. The van der Waals surface area contributed by atoms with Crippen molar-refractivity contribution in [3.05, 3.63) is 54.1 Å². The summed E-state index contributed by atoms with van der Waals surface area (Å²) in [7, 11) is 1.67. The number of para-hydroxylation sites is 1. The number of anilines is 1. The van der Waals surface area contributed by atoms with Gasteiger partial charge in [0, 0.05) is 44.5 Å². The van der Waals surface area contributed by atoms with Crippen molar-refractivity contribution in [2.45, 2.75) is 12.5 Å². The van der Waals surface area contributed by atoms with Gasteiger partial charge in [-0.15, -0.1) is 0 Å². The molecule has 4 rings (SSSR count). The highest BCUT2D eigenvalue weighted by atomic mass is 16.5. The van der Waals surface area contributed by atoms with E-state index in [1.54, 1.807) is 7.11 Å². The topological polar surface area (TPSA) is 34.2 Å². The van der Waals surface area contributed by atoms with E-state index in [0.717, 1.165) is 57.3 Å². The van der Waals surface area contributed by atoms with Crippen LogP contribution in [0.4, 0.5) is 5.69 Å². The third kappa shape index (κ3) is 4.54. The van der Waals surface area contributed by atoms with Gasteiger partial charge in [-0.05, 0) is 30.2 Å². The third-order valence-corrected chi connectivity index (χ3v) is 5.37. The molecule has 1 atom stereocenters. The Bertz CT molecular complexity index is 752. The Balaban J connectivity index is 1.25. The smallest absolute Gasteiger partial charge is 0.123 e. The van der Waals surface area contributed by atoms with Crippen molar-refractivity contribution in [3.8, 4) is 11.5 Å². The number of ether oxygens (including phenoxy) is 3. The van der Waals surface area contributed by atoms with Crippen molar-refractivity contribution < 1.29 is 14.2 Å². The predicted molar refractivity (Wildman–Crippen MR) is 107 cm³/mol. The fraction of sp³-hybridized carbons (Fsp3) is 0.455. The number of rotatable bonds is 7. The van der Waals surface area contributed by atoms with Crippen LogP contribution < -0.4 is 14.4 Å². The summed E-state index contributed by atoms with van der Waals surface area (Å²) in [5.41, 5.74) is 2.88. The highest BCUT2D eigenvalue weighted by Crippen LogP contribution is 2.27. The normalized spacial score (nSPS) is 19.7. The molecule has 0 spiro atoms. The number of benzene rings is 2. The number of hydrogen-bond acceptors (Lipinski definition) is 5. The van der Waals surface area contributed by atoms with Crippen LogP contribution in [0, 0.1) is 0 Å². The highest BCUT2D eigenvalue weighted by molar-refractivity contribution is 5.57. The summed E-state index contributed by atoms with van der Waals surface area (Å²) in [5, 5.41) is 0. The van der Waals surface area contributed by atoms with E-state index < -0.39 is 0 Å². The largest absolute Gasteiger partial charge is 0.497 e. The van der Waals surface area contributed by atoms with Gasteiger partial charge in [-0.1, -0.05) is 24.3 Å². The molecule has 0 aromatic heterocycles. The van der Waals surface area contributed by atoms with Crippen molar-refractivity contribution in [2.24, 2.45) is 0 Å². The molecular formula is C22H28N2O3. The van der Waals surface area contributed by atoms with Crippen LogP contribution >= 0.6 is 0 Å². The molecule has 2 aromatic carbocycles. The van der Waals surface area contributed by atoms with Crippen LogP contribution in [0.2, 0.25) is 0 Å². The molecule has 2 heterocycles. The second-order valence-corrected chi connectivity index (χ2v) is 7.15. The van der Waals surface area contributed by atoms with Gasteiger partial charge in [0.05, 0.1) is 13.7 Å². The molecule has 0 radical (unpaired) electrons. The van der Waals surface area contributed by atoms with Crippen molar-refractivity contribution in [1.29, 1.82) is 0 Å². The first kappa shape index (κ1) is 18.1. The molecule has 0 bridgehead atoms.